The van der Waals surface area contributed by atoms with Crippen LogP contribution in [0.2, 0.25) is 0 Å². The van der Waals surface area contributed by atoms with E-state index in [2.05, 4.69) is 9.98 Å². The molecule has 24 heavy (non-hydrogen) atoms. The van der Waals surface area contributed by atoms with Gasteiger partial charge in [-0.3, -0.25) is 19.7 Å². The van der Waals surface area contributed by atoms with Crippen molar-refractivity contribution in [2.75, 3.05) is 14.1 Å². The van der Waals surface area contributed by atoms with E-state index in [-0.39, 0.29) is 11.6 Å². The summed E-state index contributed by atoms with van der Waals surface area (Å²) < 4.78 is 5.93. The Balaban J connectivity index is 3.37. The Morgan fingerprint density at radius 2 is 2.04 bits per heavy atom. The summed E-state index contributed by atoms with van der Waals surface area (Å²) in [6.45, 7) is 5.79. The van der Waals surface area contributed by atoms with Crippen molar-refractivity contribution in [3.63, 3.8) is 0 Å². The molecule has 1 heterocycles. The van der Waals surface area contributed by atoms with E-state index in [1.807, 2.05) is 0 Å². The Labute approximate surface area is 138 Å². The molecule has 0 saturated heterocycles. The van der Waals surface area contributed by atoms with Crippen LogP contribution in [0.4, 0.5) is 11.6 Å². The molecule has 1 rings (SSSR count). The molecule has 0 aliphatic rings. The Morgan fingerprint density at radius 3 is 2.50 bits per heavy atom. The summed E-state index contributed by atoms with van der Waals surface area (Å²) in [5.74, 6) is -0.640. The van der Waals surface area contributed by atoms with Crippen LogP contribution >= 0.6 is 0 Å². The van der Waals surface area contributed by atoms with E-state index >= 15 is 0 Å². The standard InChI is InChI=1S/C14H21N5O5/c1-9-10(19(22)23)11(20)18(8-24-12(21)14(2,3)4)13(16-9)15-7-17(5)6/h7H,8H2,1-6H3/b15-7-. The van der Waals surface area contributed by atoms with E-state index in [1.165, 1.54) is 13.3 Å². The van der Waals surface area contributed by atoms with Crippen LogP contribution in [0.15, 0.2) is 9.79 Å². The molecule has 0 atom stereocenters. The van der Waals surface area contributed by atoms with E-state index in [9.17, 15) is 19.7 Å². The number of carbonyl (C=O) groups excluding carboxylic acids is 1. The predicted molar refractivity (Wildman–Crippen MR) is 87.3 cm³/mol. The molecule has 10 heteroatoms. The van der Waals surface area contributed by atoms with Gasteiger partial charge in [0, 0.05) is 14.1 Å². The largest absolute Gasteiger partial charge is 0.443 e. The first kappa shape index (κ1) is 19.3. The molecule has 0 amide bonds. The first-order valence-corrected chi connectivity index (χ1v) is 7.08. The molecule has 0 saturated carbocycles. The van der Waals surface area contributed by atoms with Crippen molar-refractivity contribution < 1.29 is 14.5 Å². The van der Waals surface area contributed by atoms with Gasteiger partial charge < -0.3 is 9.64 Å². The zero-order valence-corrected chi connectivity index (χ0v) is 14.6. The molecule has 0 N–H and O–H groups in total. The molecular formula is C14H21N5O5. The second-order valence-corrected chi connectivity index (χ2v) is 6.36. The molecule has 0 aliphatic carbocycles. The highest BCUT2D eigenvalue weighted by Gasteiger charge is 2.26. The molecule has 1 aromatic rings. The molecule has 0 radical (unpaired) electrons. The lowest BCUT2D eigenvalue weighted by Crippen LogP contribution is -2.30. The fraction of sp³-hybridized carbons (Fsp3) is 0.571. The first-order chi connectivity index (χ1) is 10.9. The van der Waals surface area contributed by atoms with Gasteiger partial charge in [0.05, 0.1) is 16.7 Å². The number of ether oxygens (including phenoxy) is 1. The monoisotopic (exact) mass is 339 g/mol. The summed E-state index contributed by atoms with van der Waals surface area (Å²) in [4.78, 5) is 44.1. The maximum absolute atomic E-state index is 12.4. The van der Waals surface area contributed by atoms with Crippen LogP contribution in [0.1, 0.15) is 26.5 Å². The Bertz CT molecular complexity index is 730. The van der Waals surface area contributed by atoms with E-state index < -0.39 is 34.3 Å². The number of hydrogen-bond acceptors (Lipinski definition) is 7. The van der Waals surface area contributed by atoms with E-state index in [4.69, 9.17) is 4.74 Å². The van der Waals surface area contributed by atoms with Crippen molar-refractivity contribution in [2.45, 2.75) is 34.4 Å². The summed E-state index contributed by atoms with van der Waals surface area (Å²) in [5.41, 5.74) is -2.44. The highest BCUT2D eigenvalue weighted by molar-refractivity contribution is 5.75. The third kappa shape index (κ3) is 4.61. The summed E-state index contributed by atoms with van der Waals surface area (Å²) in [6.07, 6.45) is 1.38. The second kappa shape index (κ2) is 7.20. The molecule has 0 aliphatic heterocycles. The van der Waals surface area contributed by atoms with Crippen molar-refractivity contribution in [3.8, 4) is 0 Å². The first-order valence-electron chi connectivity index (χ1n) is 7.08. The van der Waals surface area contributed by atoms with Crippen molar-refractivity contribution in [1.82, 2.24) is 14.5 Å². The number of rotatable bonds is 5. The molecule has 0 aromatic carbocycles. The molecule has 132 valence electrons. The van der Waals surface area contributed by atoms with Crippen molar-refractivity contribution in [1.29, 1.82) is 0 Å². The fourth-order valence-corrected chi connectivity index (χ4v) is 1.57. The molecule has 10 nitrogen and oxygen atoms in total. The van der Waals surface area contributed by atoms with Gasteiger partial charge in [0.25, 0.3) is 0 Å². The van der Waals surface area contributed by atoms with Gasteiger partial charge in [-0.1, -0.05) is 0 Å². The Hall–Kier alpha value is -2.78. The van der Waals surface area contributed by atoms with E-state index in [0.29, 0.717) is 0 Å². The third-order valence-electron chi connectivity index (χ3n) is 2.82. The summed E-state index contributed by atoms with van der Waals surface area (Å²) in [6, 6.07) is 0. The van der Waals surface area contributed by atoms with Gasteiger partial charge in [-0.2, -0.15) is 0 Å². The molecule has 0 fully saturated rings. The van der Waals surface area contributed by atoms with Gasteiger partial charge in [-0.25, -0.2) is 14.5 Å². The Morgan fingerprint density at radius 1 is 1.46 bits per heavy atom. The quantitative estimate of drug-likeness (QED) is 0.260. The lowest BCUT2D eigenvalue weighted by molar-refractivity contribution is -0.387. The molecular weight excluding hydrogens is 318 g/mol. The minimum atomic E-state index is -0.930. The maximum Gasteiger partial charge on any atom is 0.355 e. The lowest BCUT2D eigenvalue weighted by atomic mass is 9.98. The van der Waals surface area contributed by atoms with Crippen LogP contribution in [0.5, 0.6) is 0 Å². The minimum Gasteiger partial charge on any atom is -0.443 e. The lowest BCUT2D eigenvalue weighted by Gasteiger charge is -2.17. The van der Waals surface area contributed by atoms with Crippen LogP contribution in [-0.2, 0) is 16.3 Å². The predicted octanol–water partition coefficient (Wildman–Crippen LogP) is 1.23. The van der Waals surface area contributed by atoms with Gasteiger partial charge >= 0.3 is 17.2 Å². The van der Waals surface area contributed by atoms with Gasteiger partial charge in [0.2, 0.25) is 5.95 Å². The topological polar surface area (TPSA) is 120 Å². The smallest absolute Gasteiger partial charge is 0.355 e. The van der Waals surface area contributed by atoms with Gasteiger partial charge in [0.15, 0.2) is 6.73 Å². The molecule has 1 aromatic heterocycles. The zero-order valence-electron chi connectivity index (χ0n) is 14.6. The summed E-state index contributed by atoms with van der Waals surface area (Å²) in [7, 11) is 3.42. The number of nitrogens with zero attached hydrogens (tertiary/aromatic N) is 5. The van der Waals surface area contributed by atoms with Gasteiger partial charge in [-0.05, 0) is 27.7 Å². The number of nitro groups is 1. The summed E-state index contributed by atoms with van der Waals surface area (Å²) >= 11 is 0. The zero-order chi connectivity index (χ0) is 18.7. The number of carbonyl (C=O) groups is 1. The maximum atomic E-state index is 12.4. The van der Waals surface area contributed by atoms with Crippen molar-refractivity contribution >= 4 is 23.9 Å². The minimum absolute atomic E-state index is 0.0608. The number of aromatic nitrogens is 2. The normalized spacial score (nSPS) is 11.6. The van der Waals surface area contributed by atoms with Crippen molar-refractivity contribution in [3.05, 3.63) is 26.2 Å². The second-order valence-electron chi connectivity index (χ2n) is 6.36. The molecule has 0 unspecified atom stereocenters. The van der Waals surface area contributed by atoms with Crippen LogP contribution in [0, 0.1) is 22.5 Å². The van der Waals surface area contributed by atoms with Crippen LogP contribution in [-0.4, -0.2) is 45.8 Å². The van der Waals surface area contributed by atoms with Crippen LogP contribution in [0.25, 0.3) is 0 Å². The number of aryl methyl sites for hydroxylation is 1. The molecule has 0 spiro atoms. The number of aliphatic imine (C=N–C) groups is 1. The molecule has 0 bridgehead atoms. The van der Waals surface area contributed by atoms with Crippen LogP contribution < -0.4 is 5.56 Å². The van der Waals surface area contributed by atoms with Gasteiger partial charge in [-0.15, -0.1) is 0 Å². The van der Waals surface area contributed by atoms with Gasteiger partial charge in [0.1, 0.15) is 5.69 Å². The average Bonchev–Trinajstić information content (AvgIpc) is 2.42. The number of hydrogen-bond donors (Lipinski definition) is 0. The highest BCUT2D eigenvalue weighted by Crippen LogP contribution is 2.18. The highest BCUT2D eigenvalue weighted by atomic mass is 16.6. The Kier molecular flexibility index (Phi) is 5.78. The average molecular weight is 339 g/mol. The van der Waals surface area contributed by atoms with E-state index in [0.717, 1.165) is 4.57 Å². The van der Waals surface area contributed by atoms with Crippen molar-refractivity contribution in [2.24, 2.45) is 10.4 Å². The van der Waals surface area contributed by atoms with E-state index in [1.54, 1.807) is 39.8 Å². The fourth-order valence-electron chi connectivity index (χ4n) is 1.57. The number of esters is 1. The third-order valence-corrected chi connectivity index (χ3v) is 2.82. The summed E-state index contributed by atoms with van der Waals surface area (Å²) in [5, 5.41) is 11.1. The van der Waals surface area contributed by atoms with Crippen LogP contribution in [0.3, 0.4) is 0 Å². The SMILES string of the molecule is Cc1nc(/N=C\N(C)C)n(COC(=O)C(C)(C)C)c(=O)c1[N+](=O)[O-].